The zero-order valence-electron chi connectivity index (χ0n) is 13.8. The minimum atomic E-state index is -0.114. The fourth-order valence-electron chi connectivity index (χ4n) is 3.49. The Balaban J connectivity index is 1.40. The van der Waals surface area contributed by atoms with Gasteiger partial charge in [-0.15, -0.1) is 10.2 Å². The lowest BCUT2D eigenvalue weighted by molar-refractivity contribution is -0.112. The van der Waals surface area contributed by atoms with Gasteiger partial charge in [0.1, 0.15) is 0 Å². The molecule has 3 heterocycles. The molecule has 1 aromatic carbocycles. The second-order valence-corrected chi connectivity index (χ2v) is 6.40. The lowest BCUT2D eigenvalue weighted by Gasteiger charge is -2.37. The summed E-state index contributed by atoms with van der Waals surface area (Å²) in [5.74, 6) is 1.34. The SMILES string of the molecule is c1ccc(Cc2nnc(CN3CCCCC3C3OCCO3)o2)cc1. The zero-order valence-corrected chi connectivity index (χ0v) is 13.8. The minimum Gasteiger partial charge on any atom is -0.424 e. The van der Waals surface area contributed by atoms with Crippen LogP contribution in [0.2, 0.25) is 0 Å². The number of piperidine rings is 1. The molecular formula is C18H23N3O3. The van der Waals surface area contributed by atoms with Crippen molar-refractivity contribution in [3.8, 4) is 0 Å². The zero-order chi connectivity index (χ0) is 16.2. The molecule has 128 valence electrons. The maximum atomic E-state index is 5.86. The van der Waals surface area contributed by atoms with Crippen molar-refractivity contribution in [2.45, 2.75) is 44.6 Å². The molecule has 0 spiro atoms. The third kappa shape index (κ3) is 3.66. The van der Waals surface area contributed by atoms with Gasteiger partial charge in [-0.2, -0.15) is 0 Å². The number of nitrogens with zero attached hydrogens (tertiary/aromatic N) is 3. The van der Waals surface area contributed by atoms with E-state index in [9.17, 15) is 0 Å². The fraction of sp³-hybridized carbons (Fsp3) is 0.556. The molecule has 2 saturated heterocycles. The molecule has 2 aliphatic heterocycles. The number of likely N-dealkylation sites (tertiary alicyclic amines) is 1. The molecule has 1 aromatic heterocycles. The first kappa shape index (κ1) is 15.7. The van der Waals surface area contributed by atoms with E-state index in [1.54, 1.807) is 0 Å². The number of hydrogen-bond acceptors (Lipinski definition) is 6. The highest BCUT2D eigenvalue weighted by molar-refractivity contribution is 5.17. The van der Waals surface area contributed by atoms with Crippen LogP contribution in [0.1, 0.15) is 36.6 Å². The molecule has 4 rings (SSSR count). The van der Waals surface area contributed by atoms with Crippen LogP contribution in [0.3, 0.4) is 0 Å². The number of benzene rings is 1. The molecule has 2 aromatic rings. The van der Waals surface area contributed by atoms with Crippen molar-refractivity contribution in [1.82, 2.24) is 15.1 Å². The van der Waals surface area contributed by atoms with E-state index in [2.05, 4.69) is 27.2 Å². The Morgan fingerprint density at radius 1 is 1.00 bits per heavy atom. The first-order chi connectivity index (χ1) is 11.9. The lowest BCUT2D eigenvalue weighted by Crippen LogP contribution is -2.46. The van der Waals surface area contributed by atoms with Crippen LogP contribution < -0.4 is 0 Å². The molecule has 0 bridgehead atoms. The van der Waals surface area contributed by atoms with Gasteiger partial charge in [0.25, 0.3) is 0 Å². The predicted molar refractivity (Wildman–Crippen MR) is 87.3 cm³/mol. The minimum absolute atomic E-state index is 0.114. The number of ether oxygens (including phenoxy) is 2. The molecule has 0 saturated carbocycles. The highest BCUT2D eigenvalue weighted by Crippen LogP contribution is 2.25. The molecule has 0 aliphatic carbocycles. The molecule has 1 unspecified atom stereocenters. The van der Waals surface area contributed by atoms with Gasteiger partial charge >= 0.3 is 0 Å². The molecule has 6 heteroatoms. The van der Waals surface area contributed by atoms with Gasteiger partial charge in [-0.3, -0.25) is 4.90 Å². The molecule has 2 aliphatic rings. The van der Waals surface area contributed by atoms with E-state index in [0.29, 0.717) is 38.0 Å². The molecule has 0 N–H and O–H groups in total. The van der Waals surface area contributed by atoms with Crippen LogP contribution in [0.5, 0.6) is 0 Å². The van der Waals surface area contributed by atoms with Gasteiger partial charge in [0.05, 0.1) is 32.2 Å². The smallest absolute Gasteiger partial charge is 0.230 e. The third-order valence-corrected chi connectivity index (χ3v) is 4.67. The summed E-state index contributed by atoms with van der Waals surface area (Å²) in [5, 5.41) is 8.42. The Hall–Kier alpha value is -1.76. The van der Waals surface area contributed by atoms with Crippen molar-refractivity contribution in [2.24, 2.45) is 0 Å². The van der Waals surface area contributed by atoms with Gasteiger partial charge < -0.3 is 13.9 Å². The normalized spacial score (nSPS) is 22.9. The largest absolute Gasteiger partial charge is 0.424 e. The first-order valence-electron chi connectivity index (χ1n) is 8.71. The molecule has 24 heavy (non-hydrogen) atoms. The van der Waals surface area contributed by atoms with Gasteiger partial charge in [0.2, 0.25) is 11.8 Å². The third-order valence-electron chi connectivity index (χ3n) is 4.67. The quantitative estimate of drug-likeness (QED) is 0.839. The van der Waals surface area contributed by atoms with E-state index < -0.39 is 0 Å². The molecule has 2 fully saturated rings. The van der Waals surface area contributed by atoms with E-state index in [4.69, 9.17) is 13.9 Å². The van der Waals surface area contributed by atoms with Crippen LogP contribution in [0.25, 0.3) is 0 Å². The van der Waals surface area contributed by atoms with Crippen molar-refractivity contribution >= 4 is 0 Å². The standard InChI is InChI=1S/C18H23N3O3/c1-2-6-14(7-3-1)12-16-19-20-17(24-16)13-21-9-5-4-8-15(21)18-22-10-11-23-18/h1-3,6-7,15,18H,4-5,8-13H2. The highest BCUT2D eigenvalue weighted by atomic mass is 16.7. The number of aromatic nitrogens is 2. The number of rotatable bonds is 5. The average Bonchev–Trinajstić information content (AvgIpc) is 3.29. The molecule has 6 nitrogen and oxygen atoms in total. The molecule has 1 atom stereocenters. The second-order valence-electron chi connectivity index (χ2n) is 6.40. The van der Waals surface area contributed by atoms with Crippen LogP contribution >= 0.6 is 0 Å². The van der Waals surface area contributed by atoms with Crippen molar-refractivity contribution in [2.75, 3.05) is 19.8 Å². The van der Waals surface area contributed by atoms with Gasteiger partial charge in [0.15, 0.2) is 6.29 Å². The van der Waals surface area contributed by atoms with Crippen LogP contribution in [0, 0.1) is 0 Å². The lowest BCUT2D eigenvalue weighted by atomic mass is 10.0. The summed E-state index contributed by atoms with van der Waals surface area (Å²) in [7, 11) is 0. The van der Waals surface area contributed by atoms with Gasteiger partial charge in [-0.1, -0.05) is 36.8 Å². The first-order valence-corrected chi connectivity index (χ1v) is 8.71. The van der Waals surface area contributed by atoms with Gasteiger partial charge in [-0.25, -0.2) is 0 Å². The van der Waals surface area contributed by atoms with E-state index >= 15 is 0 Å². The van der Waals surface area contributed by atoms with E-state index in [1.807, 2.05) is 18.2 Å². The Labute approximate surface area is 141 Å². The second kappa shape index (κ2) is 7.42. The van der Waals surface area contributed by atoms with Crippen molar-refractivity contribution in [3.63, 3.8) is 0 Å². The number of hydrogen-bond donors (Lipinski definition) is 0. The van der Waals surface area contributed by atoms with Gasteiger partial charge in [0, 0.05) is 0 Å². The van der Waals surface area contributed by atoms with Crippen LogP contribution in [-0.2, 0) is 22.4 Å². The molecule has 0 amide bonds. The maximum absolute atomic E-state index is 5.86. The van der Waals surface area contributed by atoms with Crippen molar-refractivity contribution < 1.29 is 13.9 Å². The Morgan fingerprint density at radius 3 is 2.62 bits per heavy atom. The Kier molecular flexibility index (Phi) is 4.87. The summed E-state index contributed by atoms with van der Waals surface area (Å²) in [6, 6.07) is 10.5. The molecule has 0 radical (unpaired) electrons. The summed E-state index contributed by atoms with van der Waals surface area (Å²) in [4.78, 5) is 2.36. The van der Waals surface area contributed by atoms with E-state index in [0.717, 1.165) is 13.0 Å². The van der Waals surface area contributed by atoms with Gasteiger partial charge in [-0.05, 0) is 24.9 Å². The summed E-state index contributed by atoms with van der Waals surface area (Å²) in [5.41, 5.74) is 1.18. The topological polar surface area (TPSA) is 60.6 Å². The predicted octanol–water partition coefficient (Wildman–Crippen LogP) is 2.39. The average molecular weight is 329 g/mol. The summed E-state index contributed by atoms with van der Waals surface area (Å²) >= 11 is 0. The highest BCUT2D eigenvalue weighted by Gasteiger charge is 2.34. The summed E-state index contributed by atoms with van der Waals surface area (Å²) in [6.07, 6.45) is 4.06. The Bertz CT molecular complexity index is 640. The van der Waals surface area contributed by atoms with E-state index in [1.165, 1.54) is 18.4 Å². The van der Waals surface area contributed by atoms with Crippen LogP contribution in [0.15, 0.2) is 34.7 Å². The summed E-state index contributed by atoms with van der Waals surface area (Å²) in [6.45, 7) is 3.06. The van der Waals surface area contributed by atoms with Crippen LogP contribution in [0.4, 0.5) is 0 Å². The maximum Gasteiger partial charge on any atom is 0.230 e. The van der Waals surface area contributed by atoms with Crippen molar-refractivity contribution in [3.05, 3.63) is 47.7 Å². The monoisotopic (exact) mass is 329 g/mol. The van der Waals surface area contributed by atoms with Crippen molar-refractivity contribution in [1.29, 1.82) is 0 Å². The summed E-state index contributed by atoms with van der Waals surface area (Å²) < 4.78 is 17.3. The molecular weight excluding hydrogens is 306 g/mol. The van der Waals surface area contributed by atoms with Crippen LogP contribution in [-0.4, -0.2) is 47.2 Å². The fourth-order valence-corrected chi connectivity index (χ4v) is 3.49. The van der Waals surface area contributed by atoms with E-state index in [-0.39, 0.29) is 12.3 Å². The Morgan fingerprint density at radius 2 is 1.79 bits per heavy atom.